The lowest BCUT2D eigenvalue weighted by Crippen LogP contribution is -2.70. The fourth-order valence-corrected chi connectivity index (χ4v) is 10.3. The van der Waals surface area contributed by atoms with Crippen LogP contribution in [0.25, 0.3) is 0 Å². The van der Waals surface area contributed by atoms with Crippen molar-refractivity contribution in [2.45, 2.75) is 291 Å². The highest BCUT2D eigenvalue weighted by atomic mass is 16.8. The van der Waals surface area contributed by atoms with E-state index in [1.54, 1.807) is 0 Å². The molecule has 3 aliphatic rings. The maximum atomic E-state index is 13.3. The molecule has 0 spiro atoms. The number of allylic oxidation sites excluding steroid dienone is 4. The van der Waals surface area contributed by atoms with Crippen LogP contribution in [0.4, 0.5) is 0 Å². The third kappa shape index (κ3) is 24.1. The fourth-order valence-electron chi connectivity index (χ4n) is 10.3. The van der Waals surface area contributed by atoms with Crippen LogP contribution in [0.3, 0.4) is 0 Å². The number of carboxylic acid groups (broad SMARTS) is 1. The maximum absolute atomic E-state index is 13.3. The minimum Gasteiger partial charge on any atom is -0.477 e. The molecule has 466 valence electrons. The summed E-state index contributed by atoms with van der Waals surface area (Å²) in [5, 5.41) is 135. The minimum atomic E-state index is -3.08. The van der Waals surface area contributed by atoms with Gasteiger partial charge in [-0.25, -0.2) is 4.79 Å². The molecule has 3 aliphatic heterocycles. The number of rotatable bonds is 42. The van der Waals surface area contributed by atoms with E-state index in [4.69, 9.17) is 28.4 Å². The number of hydrogen-bond acceptors (Lipinski definition) is 20. The summed E-state index contributed by atoms with van der Waals surface area (Å²) < 4.78 is 34.6. The molecule has 3 fully saturated rings. The summed E-state index contributed by atoms with van der Waals surface area (Å²) in [4.78, 5) is 38.3. The summed E-state index contributed by atoms with van der Waals surface area (Å²) in [6.45, 7) is 2.09. The van der Waals surface area contributed by atoms with Crippen molar-refractivity contribution in [3.05, 3.63) is 24.3 Å². The Balaban J connectivity index is 1.65. The Morgan fingerprint density at radius 1 is 0.650 bits per heavy atom. The molecule has 2 amide bonds. The van der Waals surface area contributed by atoms with Gasteiger partial charge in [0.1, 0.15) is 67.1 Å². The molecule has 80 heavy (non-hydrogen) atoms. The van der Waals surface area contributed by atoms with Crippen LogP contribution >= 0.6 is 0 Å². The van der Waals surface area contributed by atoms with Crippen molar-refractivity contribution in [3.63, 3.8) is 0 Å². The van der Waals surface area contributed by atoms with Gasteiger partial charge >= 0.3 is 5.97 Å². The average Bonchev–Trinajstić information content (AvgIpc) is 3.56. The smallest absolute Gasteiger partial charge is 0.364 e. The topological polar surface area (TPSA) is 373 Å². The van der Waals surface area contributed by atoms with Crippen molar-refractivity contribution in [3.8, 4) is 0 Å². The van der Waals surface area contributed by atoms with Crippen LogP contribution in [0.1, 0.15) is 181 Å². The fraction of sp³-hybridized carbons (Fsp3) is 0.877. The molecule has 0 radical (unpaired) electrons. The lowest BCUT2D eigenvalue weighted by molar-refractivity contribution is -0.386. The first kappa shape index (κ1) is 71.5. The Hall–Kier alpha value is -2.79. The average molecular weight is 1150 g/mol. The maximum Gasteiger partial charge on any atom is 0.364 e. The predicted molar refractivity (Wildman–Crippen MR) is 292 cm³/mol. The van der Waals surface area contributed by atoms with Gasteiger partial charge in [0.25, 0.3) is 5.79 Å². The van der Waals surface area contributed by atoms with Gasteiger partial charge in [-0.2, -0.15) is 0 Å². The number of hydrogen-bond donors (Lipinski definition) is 14. The summed E-state index contributed by atoms with van der Waals surface area (Å²) in [5.74, 6) is -6.12. The van der Waals surface area contributed by atoms with Crippen LogP contribution in [0.5, 0.6) is 0 Å². The summed E-state index contributed by atoms with van der Waals surface area (Å²) in [6, 6.07) is -2.53. The van der Waals surface area contributed by atoms with Crippen LogP contribution in [0.2, 0.25) is 0 Å². The van der Waals surface area contributed by atoms with Crippen molar-refractivity contribution < 1.29 is 104 Å². The van der Waals surface area contributed by atoms with Crippen LogP contribution in [-0.2, 0) is 42.8 Å². The zero-order chi connectivity index (χ0) is 59.0. The number of nitrogens with one attached hydrogen (secondary N) is 2. The second-order valence-electron chi connectivity index (χ2n) is 21.9. The predicted octanol–water partition coefficient (Wildman–Crippen LogP) is 2.16. The first-order valence-electron chi connectivity index (χ1n) is 29.7. The van der Waals surface area contributed by atoms with E-state index < -0.39 is 148 Å². The molecule has 0 bridgehead atoms. The van der Waals surface area contributed by atoms with E-state index in [9.17, 15) is 75.7 Å². The molecule has 23 heteroatoms. The van der Waals surface area contributed by atoms with Crippen molar-refractivity contribution in [1.82, 2.24) is 10.6 Å². The number of amides is 2. The Morgan fingerprint density at radius 3 is 1.77 bits per heavy atom. The largest absolute Gasteiger partial charge is 0.477 e. The third-order valence-corrected chi connectivity index (χ3v) is 15.2. The van der Waals surface area contributed by atoms with Gasteiger partial charge in [-0.15, -0.1) is 0 Å². The number of carbonyl (C=O) groups is 3. The zero-order valence-electron chi connectivity index (χ0n) is 47.7. The second kappa shape index (κ2) is 39.7. The number of carbonyl (C=O) groups excluding carboxylic acids is 2. The number of carboxylic acids is 1. The molecule has 0 aromatic heterocycles. The molecule has 0 saturated carbocycles. The normalized spacial score (nSPS) is 30.8. The third-order valence-electron chi connectivity index (χ3n) is 15.2. The molecule has 0 aromatic rings. The Bertz CT molecular complexity index is 1750. The van der Waals surface area contributed by atoms with Gasteiger partial charge in [-0.1, -0.05) is 141 Å². The molecule has 3 heterocycles. The summed E-state index contributed by atoms with van der Waals surface area (Å²) in [6.07, 6.45) is 3.71. The van der Waals surface area contributed by atoms with Crippen molar-refractivity contribution in [2.75, 3.05) is 26.4 Å². The zero-order valence-corrected chi connectivity index (χ0v) is 47.7. The summed E-state index contributed by atoms with van der Waals surface area (Å²) in [7, 11) is 0. The molecule has 0 aromatic carbocycles. The molecule has 23 nitrogen and oxygen atoms in total. The number of aliphatic carboxylic acids is 1. The minimum absolute atomic E-state index is 0.213. The van der Waals surface area contributed by atoms with E-state index in [0.29, 0.717) is 19.3 Å². The molecule has 3 saturated heterocycles. The van der Waals surface area contributed by atoms with E-state index >= 15 is 0 Å². The monoisotopic (exact) mass is 1150 g/mol. The summed E-state index contributed by atoms with van der Waals surface area (Å²) in [5.41, 5.74) is 0. The van der Waals surface area contributed by atoms with E-state index in [1.165, 1.54) is 44.9 Å². The van der Waals surface area contributed by atoms with Crippen LogP contribution in [0.15, 0.2) is 24.3 Å². The van der Waals surface area contributed by atoms with Gasteiger partial charge < -0.3 is 100 Å². The van der Waals surface area contributed by atoms with Gasteiger partial charge in [0.15, 0.2) is 12.6 Å². The molecule has 18 unspecified atom stereocenters. The standard InChI is InChI=1S/C57H102N2O21/c1-4-6-8-10-12-14-15-16-17-18-19-20-21-23-25-27-29-31-44(67)59-38(39(64)30-28-26-24-22-13-11-9-7-5-2)36-75-54-49(71)48(70)51(43(35-62)77-54)78-55-50(72)53(47(69)42(34-61)76-55)80-57(56(73)74)32-40(65)45(58-37(3)63)52(79-57)46(68)41(66)33-60/h12,14,16-17,38-43,45-55,60-62,64-66,68-72H,4-11,13,15,18-36H2,1-3H3,(H,58,63)(H,59,67)(H,73,74)/b14-12-,17-16-. The van der Waals surface area contributed by atoms with Crippen molar-refractivity contribution >= 4 is 17.8 Å². The van der Waals surface area contributed by atoms with E-state index in [-0.39, 0.29) is 18.9 Å². The molecule has 0 aliphatic carbocycles. The second-order valence-corrected chi connectivity index (χ2v) is 21.9. The first-order valence-corrected chi connectivity index (χ1v) is 29.7. The van der Waals surface area contributed by atoms with E-state index in [2.05, 4.69) is 48.8 Å². The van der Waals surface area contributed by atoms with E-state index in [0.717, 1.165) is 90.4 Å². The molecule has 3 rings (SSSR count). The summed E-state index contributed by atoms with van der Waals surface area (Å²) >= 11 is 0. The Kier molecular flexibility index (Phi) is 35.5. The lowest BCUT2D eigenvalue weighted by Gasteiger charge is -2.50. The molecule has 18 atom stereocenters. The van der Waals surface area contributed by atoms with Gasteiger partial charge in [0.05, 0.1) is 50.7 Å². The first-order chi connectivity index (χ1) is 38.4. The Morgan fingerprint density at radius 2 is 1.20 bits per heavy atom. The van der Waals surface area contributed by atoms with Gasteiger partial charge in [0.2, 0.25) is 11.8 Å². The highest BCUT2D eigenvalue weighted by Gasteiger charge is 2.60. The molecule has 14 N–H and O–H groups in total. The van der Waals surface area contributed by atoms with Crippen LogP contribution in [0, 0.1) is 0 Å². The van der Waals surface area contributed by atoms with E-state index in [1.807, 2.05) is 0 Å². The SMILES string of the molecule is CCCCC/C=C\C/C=C\CCCCCCCCCC(=O)NC(COC1OC(CO)C(OC2OC(CO)C(O)C(OC3(C(=O)O)CC(O)C(NC(C)=O)C(C(O)C(O)CO)O3)C2O)C(O)C1O)C(O)CCCCCCCCCCC. The van der Waals surface area contributed by atoms with Crippen molar-refractivity contribution in [1.29, 1.82) is 0 Å². The number of ether oxygens (including phenoxy) is 6. The van der Waals surface area contributed by atoms with Gasteiger partial charge in [-0.05, 0) is 44.9 Å². The quantitative estimate of drug-likeness (QED) is 0.0308. The van der Waals surface area contributed by atoms with Gasteiger partial charge in [0, 0.05) is 19.8 Å². The molecular formula is C57H102N2O21. The Labute approximate surface area is 473 Å². The lowest BCUT2D eigenvalue weighted by atomic mass is 9.88. The number of aliphatic hydroxyl groups excluding tert-OH is 11. The number of aliphatic hydroxyl groups is 11. The molecular weight excluding hydrogens is 1050 g/mol. The van der Waals surface area contributed by atoms with Crippen LogP contribution in [-0.4, -0.2) is 215 Å². The van der Waals surface area contributed by atoms with Gasteiger partial charge in [-0.3, -0.25) is 9.59 Å². The number of unbranched alkanes of at least 4 members (excludes halogenated alkanes) is 18. The van der Waals surface area contributed by atoms with Crippen LogP contribution < -0.4 is 10.6 Å². The highest BCUT2D eigenvalue weighted by Crippen LogP contribution is 2.38. The highest BCUT2D eigenvalue weighted by molar-refractivity contribution is 5.77. The van der Waals surface area contributed by atoms with Crippen molar-refractivity contribution in [2.24, 2.45) is 0 Å².